The summed E-state index contributed by atoms with van der Waals surface area (Å²) in [6.07, 6.45) is -10.1. The number of nitro benzene ring substituents is 2. The fourth-order valence-corrected chi connectivity index (χ4v) is 6.31. The second-order valence-corrected chi connectivity index (χ2v) is 11.2. The van der Waals surface area contributed by atoms with Crippen LogP contribution in [0.5, 0.6) is 0 Å². The predicted octanol–water partition coefficient (Wildman–Crippen LogP) is 11.6. The van der Waals surface area contributed by atoms with Crippen LogP contribution in [-0.2, 0) is 12.4 Å². The van der Waals surface area contributed by atoms with Crippen molar-refractivity contribution < 1.29 is 36.2 Å². The summed E-state index contributed by atoms with van der Waals surface area (Å²) < 4.78 is 83.5. The van der Waals surface area contributed by atoms with E-state index in [1.165, 1.54) is 24.3 Å². The Morgan fingerprint density at radius 2 is 0.930 bits per heavy atom. The van der Waals surface area contributed by atoms with E-state index in [0.717, 1.165) is 36.0 Å². The maximum Gasteiger partial charge on any atom is 0.417 e. The van der Waals surface area contributed by atoms with E-state index in [-0.39, 0.29) is 41.0 Å². The number of halogens is 10. The summed E-state index contributed by atoms with van der Waals surface area (Å²) >= 11 is 26.2. The Morgan fingerprint density at radius 1 is 0.581 bits per heavy atom. The Bertz CT molecular complexity index is 1670. The van der Waals surface area contributed by atoms with Crippen molar-refractivity contribution in [2.24, 2.45) is 0 Å². The van der Waals surface area contributed by atoms with Crippen molar-refractivity contribution in [3.8, 4) is 22.3 Å². The van der Waals surface area contributed by atoms with E-state index in [4.69, 9.17) is 46.4 Å². The number of nitrogens with zero attached hydrogens (tertiary/aromatic N) is 2. The van der Waals surface area contributed by atoms with Crippen LogP contribution >= 0.6 is 58.2 Å². The van der Waals surface area contributed by atoms with Crippen molar-refractivity contribution in [1.82, 2.24) is 0 Å². The molecule has 0 N–H and O–H groups in total. The maximum atomic E-state index is 13.9. The van der Waals surface area contributed by atoms with E-state index < -0.39 is 55.8 Å². The summed E-state index contributed by atoms with van der Waals surface area (Å²) in [5.74, 6) is 0. The third-order valence-corrected chi connectivity index (χ3v) is 8.67. The van der Waals surface area contributed by atoms with Crippen LogP contribution in [0.1, 0.15) is 11.1 Å². The van der Waals surface area contributed by atoms with Crippen LogP contribution in [0.3, 0.4) is 0 Å². The highest BCUT2D eigenvalue weighted by Crippen LogP contribution is 2.51. The molecule has 224 valence electrons. The molecule has 43 heavy (non-hydrogen) atoms. The minimum absolute atomic E-state index is 0.0717. The Morgan fingerprint density at radius 3 is 1.23 bits per heavy atom. The van der Waals surface area contributed by atoms with E-state index in [2.05, 4.69) is 0 Å². The van der Waals surface area contributed by atoms with Crippen LogP contribution in [0.25, 0.3) is 22.3 Å². The van der Waals surface area contributed by atoms with Gasteiger partial charge in [-0.2, -0.15) is 26.3 Å². The molecule has 0 saturated heterocycles. The Hall–Kier alpha value is -3.23. The first-order chi connectivity index (χ1) is 19.9. The molecule has 0 heterocycles. The highest BCUT2D eigenvalue weighted by Gasteiger charge is 2.38. The first kappa shape index (κ1) is 32.7. The summed E-state index contributed by atoms with van der Waals surface area (Å²) in [5.41, 5.74) is -6.13. The standard InChI is InChI=1S/C26H10Cl4F6N2O4S/c27-17-5-7-19(23(29)21(17)13-3-1-11(37(39)40)9-15(13)25(31,32)33)43-20-8-6-18(28)22(24(20)30)14-4-2-12(38(41)42)10-16(14)26(34,35)36/h1-10H. The molecule has 0 bridgehead atoms. The van der Waals surface area contributed by atoms with Crippen molar-refractivity contribution in [3.05, 3.63) is 112 Å². The molecule has 0 aliphatic carbocycles. The molecule has 17 heteroatoms. The maximum absolute atomic E-state index is 13.9. The molecule has 0 radical (unpaired) electrons. The molecule has 0 atom stereocenters. The topological polar surface area (TPSA) is 86.3 Å². The van der Waals surface area contributed by atoms with Gasteiger partial charge < -0.3 is 0 Å². The fourth-order valence-electron chi connectivity index (χ4n) is 4.03. The van der Waals surface area contributed by atoms with Gasteiger partial charge in [-0.3, -0.25) is 20.2 Å². The third-order valence-electron chi connectivity index (χ3n) is 5.91. The average Bonchev–Trinajstić information content (AvgIpc) is 2.90. The molecule has 0 unspecified atom stereocenters. The lowest BCUT2D eigenvalue weighted by Gasteiger charge is -2.18. The SMILES string of the molecule is O=[N+]([O-])c1ccc(-c2c(Cl)ccc(Sc3ccc(Cl)c(-c4ccc([N+](=O)[O-])cc4C(F)(F)F)c3Cl)c2Cl)c(C(F)(F)F)c1. The van der Waals surface area contributed by atoms with Crippen LogP contribution in [0.2, 0.25) is 20.1 Å². The summed E-state index contributed by atoms with van der Waals surface area (Å²) in [6.45, 7) is 0. The van der Waals surface area contributed by atoms with Gasteiger partial charge in [-0.25, -0.2) is 0 Å². The molecular formula is C26H10Cl4F6N2O4S. The van der Waals surface area contributed by atoms with Gasteiger partial charge in [0.05, 0.1) is 31.0 Å². The van der Waals surface area contributed by atoms with Gasteiger partial charge in [0.15, 0.2) is 0 Å². The van der Waals surface area contributed by atoms with Crippen LogP contribution in [0.15, 0.2) is 70.5 Å². The van der Waals surface area contributed by atoms with Crippen LogP contribution in [0, 0.1) is 20.2 Å². The number of rotatable bonds is 6. The van der Waals surface area contributed by atoms with Gasteiger partial charge in [0, 0.05) is 55.2 Å². The molecular weight excluding hydrogens is 692 g/mol. The van der Waals surface area contributed by atoms with Crippen LogP contribution in [0.4, 0.5) is 37.7 Å². The summed E-state index contributed by atoms with van der Waals surface area (Å²) in [5, 5.41) is 21.1. The van der Waals surface area contributed by atoms with Gasteiger partial charge in [-0.15, -0.1) is 0 Å². The summed E-state index contributed by atoms with van der Waals surface area (Å²) in [7, 11) is 0. The van der Waals surface area contributed by atoms with E-state index in [0.29, 0.717) is 12.1 Å². The summed E-state index contributed by atoms with van der Waals surface area (Å²) in [6, 6.07) is 9.17. The van der Waals surface area contributed by atoms with E-state index in [1.807, 2.05) is 0 Å². The van der Waals surface area contributed by atoms with Crippen molar-refractivity contribution in [3.63, 3.8) is 0 Å². The molecule has 4 rings (SSSR count). The molecule has 0 amide bonds. The zero-order valence-electron chi connectivity index (χ0n) is 20.5. The molecule has 0 aliphatic rings. The van der Waals surface area contributed by atoms with Crippen molar-refractivity contribution >= 4 is 69.5 Å². The zero-order valence-corrected chi connectivity index (χ0v) is 24.3. The minimum atomic E-state index is -5.04. The van der Waals surface area contributed by atoms with Crippen molar-refractivity contribution in [1.29, 1.82) is 0 Å². The van der Waals surface area contributed by atoms with Gasteiger partial charge in [0.1, 0.15) is 0 Å². The highest BCUT2D eigenvalue weighted by molar-refractivity contribution is 7.99. The lowest BCUT2D eigenvalue weighted by molar-refractivity contribution is -0.385. The van der Waals surface area contributed by atoms with E-state index in [1.54, 1.807) is 0 Å². The quantitative estimate of drug-likeness (QED) is 0.113. The monoisotopic (exact) mass is 700 g/mol. The molecule has 0 aromatic heterocycles. The molecule has 0 saturated carbocycles. The number of hydrogen-bond acceptors (Lipinski definition) is 5. The van der Waals surface area contributed by atoms with Crippen molar-refractivity contribution in [2.75, 3.05) is 0 Å². The lowest BCUT2D eigenvalue weighted by atomic mass is 9.98. The zero-order chi connectivity index (χ0) is 32.0. The second-order valence-electron chi connectivity index (χ2n) is 8.54. The number of alkyl halides is 6. The van der Waals surface area contributed by atoms with Gasteiger partial charge in [-0.05, 0) is 47.5 Å². The van der Waals surface area contributed by atoms with E-state index in [9.17, 15) is 46.6 Å². The smallest absolute Gasteiger partial charge is 0.258 e. The Labute approximate surface area is 261 Å². The van der Waals surface area contributed by atoms with Gasteiger partial charge in [-0.1, -0.05) is 58.2 Å². The van der Waals surface area contributed by atoms with Gasteiger partial charge >= 0.3 is 12.4 Å². The van der Waals surface area contributed by atoms with Crippen molar-refractivity contribution in [2.45, 2.75) is 22.1 Å². The number of non-ortho nitro benzene ring substituents is 2. The number of hydrogen-bond donors (Lipinski definition) is 0. The van der Waals surface area contributed by atoms with Gasteiger partial charge in [0.25, 0.3) is 11.4 Å². The molecule has 0 spiro atoms. The second kappa shape index (κ2) is 12.0. The highest BCUT2D eigenvalue weighted by atomic mass is 35.5. The predicted molar refractivity (Wildman–Crippen MR) is 151 cm³/mol. The molecule has 4 aromatic rings. The van der Waals surface area contributed by atoms with E-state index >= 15 is 0 Å². The first-order valence-electron chi connectivity index (χ1n) is 11.3. The third kappa shape index (κ3) is 6.65. The number of benzene rings is 4. The lowest BCUT2D eigenvalue weighted by Crippen LogP contribution is -2.08. The average molecular weight is 702 g/mol. The Kier molecular flexibility index (Phi) is 9.15. The van der Waals surface area contributed by atoms with Crippen LogP contribution in [-0.4, -0.2) is 9.85 Å². The normalized spacial score (nSPS) is 12.0. The van der Waals surface area contributed by atoms with Crippen LogP contribution < -0.4 is 0 Å². The molecule has 4 aromatic carbocycles. The minimum Gasteiger partial charge on any atom is -0.258 e. The summed E-state index contributed by atoms with van der Waals surface area (Å²) in [4.78, 5) is 20.3. The fraction of sp³-hybridized carbons (Fsp3) is 0.0769. The molecule has 0 fully saturated rings. The largest absolute Gasteiger partial charge is 0.417 e. The number of nitro groups is 2. The molecule has 6 nitrogen and oxygen atoms in total. The Balaban J connectivity index is 1.88. The first-order valence-corrected chi connectivity index (χ1v) is 13.6. The van der Waals surface area contributed by atoms with Gasteiger partial charge in [0.2, 0.25) is 0 Å². The molecule has 0 aliphatic heterocycles.